The van der Waals surface area contributed by atoms with E-state index in [1.807, 2.05) is 47.4 Å². The third kappa shape index (κ3) is 8.52. The number of nitrogens with zero attached hydrogens (tertiary/aromatic N) is 2. The van der Waals surface area contributed by atoms with Crippen LogP contribution in [0, 0.1) is 5.82 Å². The topological polar surface area (TPSA) is 6.48 Å². The first-order valence-electron chi connectivity index (χ1n) is 36.4. The second kappa shape index (κ2) is 22.8. The van der Waals surface area contributed by atoms with Crippen LogP contribution in [0.4, 0.5) is 38.5 Å². The van der Waals surface area contributed by atoms with Gasteiger partial charge in [-0.05, 0) is 269 Å². The predicted octanol–water partition coefficient (Wildman–Crippen LogP) is 27.1. The van der Waals surface area contributed by atoms with Crippen LogP contribution in [0.15, 0.2) is 382 Å². The van der Waals surface area contributed by atoms with Crippen molar-refractivity contribution in [3.8, 4) is 77.9 Å². The Kier molecular flexibility index (Phi) is 12.8. The highest BCUT2D eigenvalue weighted by Gasteiger charge is 2.54. The molecule has 3 heteroatoms. The lowest BCUT2D eigenvalue weighted by atomic mass is 9.69. The number of rotatable bonds is 9. The quantitative estimate of drug-likeness (QED) is 0.142. The zero-order valence-corrected chi connectivity index (χ0v) is 57.1. The predicted molar refractivity (Wildman–Crippen MR) is 435 cm³/mol. The van der Waals surface area contributed by atoms with Crippen LogP contribution in [0.2, 0.25) is 0 Å². The zero-order chi connectivity index (χ0) is 69.1. The van der Waals surface area contributed by atoms with Crippen molar-refractivity contribution >= 4 is 77.2 Å². The van der Waals surface area contributed by atoms with Gasteiger partial charge in [0.25, 0.3) is 0 Å². The number of halogens is 1. The number of fused-ring (bicyclic) bond motifs is 26. The van der Waals surface area contributed by atoms with E-state index in [9.17, 15) is 0 Å². The molecule has 0 amide bonds. The molecule has 0 bridgehead atoms. The molecule has 0 heterocycles. The van der Waals surface area contributed by atoms with Gasteiger partial charge in [-0.1, -0.05) is 273 Å². The fraction of sp³-hybridized carbons (Fsp3) is 0.0196. The SMILES string of the molecule is Fc1ccccc1N(c1ccccc1)c1ccc2c3c(ccc2c1)-c1cc2ccc(-c4cccc(-c5cc(-c6ccccc6)ccc5N(c5ccccc5)c5ccc6c7c(ccc6c5)-c5cc6ccccc6cc5C75c6ccccc6-c6ccccc65)c4)cc2cc1C31c2ccccc2-c2ccccc21. The Morgan fingerprint density at radius 1 is 0.190 bits per heavy atom. The molecule has 0 aromatic heterocycles. The normalized spacial score (nSPS) is 13.3. The average molecular weight is 1340 g/mol. The summed E-state index contributed by atoms with van der Waals surface area (Å²) in [5.74, 6) is -0.279. The van der Waals surface area contributed by atoms with Crippen LogP contribution < -0.4 is 9.80 Å². The molecular weight excluding hydrogens is 1270 g/mol. The lowest BCUT2D eigenvalue weighted by molar-refractivity contribution is 0.629. The third-order valence-electron chi connectivity index (χ3n) is 23.4. The van der Waals surface area contributed by atoms with Crippen molar-refractivity contribution in [3.63, 3.8) is 0 Å². The Bertz CT molecular complexity index is 6600. The second-order valence-corrected chi connectivity index (χ2v) is 28.6. The summed E-state index contributed by atoms with van der Waals surface area (Å²) in [5.41, 5.74) is 31.8. The molecular formula is C102H63FN2. The van der Waals surface area contributed by atoms with Crippen LogP contribution in [-0.4, -0.2) is 0 Å². The van der Waals surface area contributed by atoms with Gasteiger partial charge in [0.15, 0.2) is 0 Å². The Hall–Kier alpha value is -13.5. The van der Waals surface area contributed by atoms with Crippen molar-refractivity contribution in [1.82, 2.24) is 0 Å². The molecule has 0 aliphatic heterocycles. The summed E-state index contributed by atoms with van der Waals surface area (Å²) in [6.45, 7) is 0. The molecule has 105 heavy (non-hydrogen) atoms. The molecule has 2 nitrogen and oxygen atoms in total. The number of hydrogen-bond donors (Lipinski definition) is 0. The fourth-order valence-electron chi connectivity index (χ4n) is 19.1. The first-order valence-corrected chi connectivity index (χ1v) is 36.4. The van der Waals surface area contributed by atoms with Gasteiger partial charge in [0, 0.05) is 28.3 Å². The van der Waals surface area contributed by atoms with Crippen LogP contribution in [0.3, 0.4) is 0 Å². The van der Waals surface area contributed by atoms with Gasteiger partial charge in [-0.2, -0.15) is 0 Å². The molecule has 0 N–H and O–H groups in total. The average Bonchev–Trinajstić information content (AvgIpc) is 1.51. The summed E-state index contributed by atoms with van der Waals surface area (Å²) in [6, 6.07) is 141. The monoisotopic (exact) mass is 1330 g/mol. The minimum absolute atomic E-state index is 0.279. The van der Waals surface area contributed by atoms with Crippen LogP contribution in [-0.2, 0) is 10.8 Å². The standard InChI is InChI=1S/C102H63FN2/c103-96-41-20-21-42-98(96)105(76-31-8-3-9-32-76)78-49-53-80-73(58-78)46-51-86-89-61-70-44-43-68(56-74(70)63-95(89)102(100(80)86)92-39-18-14-35-83(92)84-36-15-19-40-93(84)102)65-27-22-28-71(55-65)87-59-69(64-23-4-1-5-24-64)47-54-97(87)104(75-29-6-2-7-30-75)77-48-52-79-72(57-77)45-50-85-88-60-66-25-10-11-26-67(66)62-94(88)101(99(79)85)90-37-16-12-33-81(90)82-34-13-17-38-91(82)101/h1-63H. The van der Waals surface area contributed by atoms with E-state index >= 15 is 4.39 Å². The van der Waals surface area contributed by atoms with Crippen LogP contribution >= 0.6 is 0 Å². The summed E-state index contributed by atoms with van der Waals surface area (Å²) in [7, 11) is 0. The molecule has 4 aliphatic rings. The summed E-state index contributed by atoms with van der Waals surface area (Å²) < 4.78 is 16.0. The van der Waals surface area contributed by atoms with E-state index in [0.717, 1.165) is 67.2 Å². The molecule has 0 unspecified atom stereocenters. The van der Waals surface area contributed by atoms with Crippen molar-refractivity contribution < 1.29 is 4.39 Å². The number of benzene rings is 18. The minimum atomic E-state index is -0.637. The van der Waals surface area contributed by atoms with E-state index in [1.54, 1.807) is 12.1 Å². The molecule has 22 rings (SSSR count). The Morgan fingerprint density at radius 2 is 0.600 bits per heavy atom. The van der Waals surface area contributed by atoms with Crippen molar-refractivity contribution in [2.45, 2.75) is 10.8 Å². The maximum atomic E-state index is 16.0. The van der Waals surface area contributed by atoms with Gasteiger partial charge < -0.3 is 9.80 Å². The molecule has 0 atom stereocenters. The van der Waals surface area contributed by atoms with E-state index in [-0.39, 0.29) is 5.82 Å². The van der Waals surface area contributed by atoms with Crippen LogP contribution in [0.1, 0.15) is 44.5 Å². The minimum Gasteiger partial charge on any atom is -0.310 e. The van der Waals surface area contributed by atoms with Gasteiger partial charge in [0.05, 0.1) is 22.2 Å². The molecule has 4 aliphatic carbocycles. The van der Waals surface area contributed by atoms with Gasteiger partial charge in [0.1, 0.15) is 5.82 Å². The van der Waals surface area contributed by atoms with Gasteiger partial charge in [-0.3, -0.25) is 0 Å². The molecule has 0 fully saturated rings. The van der Waals surface area contributed by atoms with Gasteiger partial charge in [-0.15, -0.1) is 0 Å². The highest BCUT2D eigenvalue weighted by molar-refractivity contribution is 6.10. The van der Waals surface area contributed by atoms with Crippen molar-refractivity contribution in [3.05, 3.63) is 433 Å². The summed E-state index contributed by atoms with van der Waals surface area (Å²) in [4.78, 5) is 4.50. The Morgan fingerprint density at radius 3 is 1.15 bits per heavy atom. The summed E-state index contributed by atoms with van der Waals surface area (Å²) in [5, 5.41) is 9.54. The lowest BCUT2D eigenvalue weighted by Crippen LogP contribution is -2.26. The van der Waals surface area contributed by atoms with E-state index < -0.39 is 10.8 Å². The highest BCUT2D eigenvalue weighted by Crippen LogP contribution is 2.67. The molecule has 0 saturated carbocycles. The van der Waals surface area contributed by atoms with E-state index in [4.69, 9.17) is 0 Å². The Balaban J connectivity index is 0.697. The van der Waals surface area contributed by atoms with E-state index in [2.05, 4.69) is 332 Å². The first-order chi connectivity index (χ1) is 52.0. The number of hydrogen-bond acceptors (Lipinski definition) is 2. The van der Waals surface area contributed by atoms with Crippen LogP contribution in [0.5, 0.6) is 0 Å². The Labute approximate surface area is 608 Å². The second-order valence-electron chi connectivity index (χ2n) is 28.6. The molecule has 0 radical (unpaired) electrons. The van der Waals surface area contributed by atoms with Crippen molar-refractivity contribution in [2.24, 2.45) is 0 Å². The molecule has 0 saturated heterocycles. The maximum Gasteiger partial charge on any atom is 0.147 e. The zero-order valence-electron chi connectivity index (χ0n) is 57.1. The summed E-state index contributed by atoms with van der Waals surface area (Å²) in [6.07, 6.45) is 0. The largest absolute Gasteiger partial charge is 0.310 e. The highest BCUT2D eigenvalue weighted by atomic mass is 19.1. The number of para-hydroxylation sites is 3. The third-order valence-corrected chi connectivity index (χ3v) is 23.4. The number of anilines is 6. The molecule has 2 spiro atoms. The van der Waals surface area contributed by atoms with Crippen molar-refractivity contribution in [1.29, 1.82) is 0 Å². The van der Waals surface area contributed by atoms with E-state index in [1.165, 1.54) is 127 Å². The lowest BCUT2D eigenvalue weighted by Gasteiger charge is -2.32. The molecule has 488 valence electrons. The summed E-state index contributed by atoms with van der Waals surface area (Å²) >= 11 is 0. The van der Waals surface area contributed by atoms with E-state index in [0.29, 0.717) is 5.69 Å². The smallest absolute Gasteiger partial charge is 0.147 e. The molecule has 18 aromatic rings. The molecule has 18 aromatic carbocycles. The van der Waals surface area contributed by atoms with Gasteiger partial charge in [-0.25, -0.2) is 4.39 Å². The van der Waals surface area contributed by atoms with Gasteiger partial charge in [0.2, 0.25) is 0 Å². The van der Waals surface area contributed by atoms with Crippen molar-refractivity contribution in [2.75, 3.05) is 9.80 Å². The van der Waals surface area contributed by atoms with Gasteiger partial charge >= 0.3 is 0 Å². The van der Waals surface area contributed by atoms with Crippen LogP contribution in [0.25, 0.3) is 121 Å². The fourth-order valence-corrected chi connectivity index (χ4v) is 19.1. The maximum absolute atomic E-state index is 16.0. The first kappa shape index (κ1) is 59.2.